The Morgan fingerprint density at radius 3 is 2.27 bits per heavy atom. The minimum Gasteiger partial charge on any atom is -0.464 e. The highest BCUT2D eigenvalue weighted by molar-refractivity contribution is 5.68. The first-order chi connectivity index (χ1) is 6.70. The molecule has 88 valence electrons. The Bertz CT molecular complexity index is 232. The van der Waals surface area contributed by atoms with E-state index in [1.807, 2.05) is 0 Å². The average molecular weight is 217 g/mol. The third kappa shape index (κ3) is 9.05. The van der Waals surface area contributed by atoms with E-state index < -0.39 is 11.7 Å². The van der Waals surface area contributed by atoms with Crippen molar-refractivity contribution in [1.82, 2.24) is 5.32 Å². The smallest absolute Gasteiger partial charge is 0.407 e. The largest absolute Gasteiger partial charge is 0.464 e. The Balaban J connectivity index is 3.81. The molecule has 0 heterocycles. The van der Waals surface area contributed by atoms with Crippen LogP contribution in [0.1, 0.15) is 34.6 Å². The molecular formula is C10H19NO4. The van der Waals surface area contributed by atoms with Gasteiger partial charge < -0.3 is 14.8 Å². The number of carbonyl (C=O) groups excluding carboxylic acids is 2. The van der Waals surface area contributed by atoms with Crippen LogP contribution in [-0.2, 0) is 14.3 Å². The van der Waals surface area contributed by atoms with E-state index in [0.717, 1.165) is 0 Å². The lowest BCUT2D eigenvalue weighted by atomic mass is 10.2. The first-order valence-corrected chi connectivity index (χ1v) is 4.83. The molecule has 0 radical (unpaired) electrons. The second kappa shape index (κ2) is 5.58. The number of esters is 1. The molecule has 0 saturated carbocycles. The van der Waals surface area contributed by atoms with Crippen LogP contribution in [0.15, 0.2) is 0 Å². The Labute approximate surface area is 90.1 Å². The van der Waals surface area contributed by atoms with Gasteiger partial charge in [-0.2, -0.15) is 0 Å². The number of amides is 1. The van der Waals surface area contributed by atoms with Crippen LogP contribution >= 0.6 is 0 Å². The summed E-state index contributed by atoms with van der Waals surface area (Å²) in [4.78, 5) is 21.7. The van der Waals surface area contributed by atoms with Crippen molar-refractivity contribution in [1.29, 1.82) is 0 Å². The van der Waals surface area contributed by atoms with Crippen LogP contribution in [-0.4, -0.2) is 30.3 Å². The van der Waals surface area contributed by atoms with Gasteiger partial charge in [-0.05, 0) is 27.7 Å². The highest BCUT2D eigenvalue weighted by Gasteiger charge is 2.17. The van der Waals surface area contributed by atoms with E-state index in [-0.39, 0.29) is 18.6 Å². The number of ether oxygens (including phenoxy) is 2. The second-order valence-corrected chi connectivity index (χ2v) is 4.35. The molecule has 0 fully saturated rings. The fourth-order valence-electron chi connectivity index (χ4n) is 0.793. The molecule has 0 rings (SSSR count). The molecule has 0 unspecified atom stereocenters. The van der Waals surface area contributed by atoms with E-state index >= 15 is 0 Å². The zero-order chi connectivity index (χ0) is 12.1. The minimum absolute atomic E-state index is 0.147. The third-order valence-corrected chi connectivity index (χ3v) is 1.30. The Hall–Kier alpha value is -1.26. The van der Waals surface area contributed by atoms with Gasteiger partial charge in [-0.1, -0.05) is 0 Å². The van der Waals surface area contributed by atoms with Gasteiger partial charge in [0.05, 0.1) is 6.04 Å². The molecule has 0 aromatic heterocycles. The molecule has 0 aliphatic carbocycles. The van der Waals surface area contributed by atoms with Crippen molar-refractivity contribution in [2.24, 2.45) is 0 Å². The highest BCUT2D eigenvalue weighted by Crippen LogP contribution is 2.06. The second-order valence-electron chi connectivity index (χ2n) is 4.35. The predicted octanol–water partition coefficient (Wildman–Crippen LogP) is 1.46. The molecule has 15 heavy (non-hydrogen) atoms. The normalized spacial score (nSPS) is 12.9. The quantitative estimate of drug-likeness (QED) is 0.727. The molecular weight excluding hydrogens is 198 g/mol. The first-order valence-electron chi connectivity index (χ1n) is 4.83. The molecule has 0 aromatic rings. The maximum absolute atomic E-state index is 11.2. The van der Waals surface area contributed by atoms with Crippen LogP contribution < -0.4 is 5.32 Å². The fraction of sp³-hybridized carbons (Fsp3) is 0.800. The van der Waals surface area contributed by atoms with Gasteiger partial charge in [0.1, 0.15) is 12.2 Å². The van der Waals surface area contributed by atoms with Crippen molar-refractivity contribution in [3.63, 3.8) is 0 Å². The number of nitrogens with one attached hydrogen (secondary N) is 1. The minimum atomic E-state index is -0.523. The Kier molecular flexibility index (Phi) is 5.11. The van der Waals surface area contributed by atoms with Crippen molar-refractivity contribution in [3.8, 4) is 0 Å². The maximum Gasteiger partial charge on any atom is 0.407 e. The Morgan fingerprint density at radius 1 is 1.33 bits per heavy atom. The topological polar surface area (TPSA) is 64.6 Å². The summed E-state index contributed by atoms with van der Waals surface area (Å²) in [5.41, 5.74) is -0.523. The first kappa shape index (κ1) is 13.7. The summed E-state index contributed by atoms with van der Waals surface area (Å²) in [6.45, 7) is 8.54. The lowest BCUT2D eigenvalue weighted by Crippen LogP contribution is -2.40. The van der Waals surface area contributed by atoms with E-state index in [9.17, 15) is 9.59 Å². The van der Waals surface area contributed by atoms with Crippen molar-refractivity contribution in [3.05, 3.63) is 0 Å². The zero-order valence-corrected chi connectivity index (χ0v) is 9.92. The SMILES string of the molecule is CC(=O)OC[C@@H](C)NC(=O)OC(C)(C)C. The summed E-state index contributed by atoms with van der Waals surface area (Å²) in [7, 11) is 0. The van der Waals surface area contributed by atoms with Crippen molar-refractivity contribution < 1.29 is 19.1 Å². The predicted molar refractivity (Wildman–Crippen MR) is 55.5 cm³/mol. The van der Waals surface area contributed by atoms with Gasteiger partial charge in [-0.15, -0.1) is 0 Å². The van der Waals surface area contributed by atoms with Crippen molar-refractivity contribution in [2.45, 2.75) is 46.3 Å². The molecule has 0 aliphatic rings. The van der Waals surface area contributed by atoms with E-state index in [4.69, 9.17) is 9.47 Å². The molecule has 0 bridgehead atoms. The summed E-state index contributed by atoms with van der Waals surface area (Å²) < 4.78 is 9.75. The van der Waals surface area contributed by atoms with Crippen LogP contribution in [0.3, 0.4) is 0 Å². The zero-order valence-electron chi connectivity index (χ0n) is 9.92. The standard InChI is InChI=1S/C10H19NO4/c1-7(6-14-8(2)12)11-9(13)15-10(3,4)5/h7H,6H2,1-5H3,(H,11,13)/t7-/m1/s1. The molecule has 0 spiro atoms. The Morgan fingerprint density at radius 2 is 1.87 bits per heavy atom. The molecule has 0 aliphatic heterocycles. The molecule has 5 heteroatoms. The monoisotopic (exact) mass is 217 g/mol. The lowest BCUT2D eigenvalue weighted by molar-refractivity contribution is -0.141. The van der Waals surface area contributed by atoms with Crippen molar-refractivity contribution >= 4 is 12.1 Å². The number of carbonyl (C=O) groups is 2. The summed E-state index contributed by atoms with van der Waals surface area (Å²) >= 11 is 0. The molecule has 0 aromatic carbocycles. The third-order valence-electron chi connectivity index (χ3n) is 1.30. The average Bonchev–Trinajstić information content (AvgIpc) is 1.96. The fourth-order valence-corrected chi connectivity index (χ4v) is 0.793. The summed E-state index contributed by atoms with van der Waals surface area (Å²) in [5.74, 6) is -0.368. The van der Waals surface area contributed by atoms with Crippen LogP contribution in [0.2, 0.25) is 0 Å². The number of alkyl carbamates (subject to hydrolysis) is 1. The van der Waals surface area contributed by atoms with E-state index in [1.165, 1.54) is 6.92 Å². The van der Waals surface area contributed by atoms with Gasteiger partial charge in [-0.3, -0.25) is 4.79 Å². The summed E-state index contributed by atoms with van der Waals surface area (Å²) in [6.07, 6.45) is -0.512. The molecule has 0 saturated heterocycles. The van der Waals surface area contributed by atoms with Gasteiger partial charge in [0.15, 0.2) is 0 Å². The summed E-state index contributed by atoms with van der Waals surface area (Å²) in [6, 6.07) is -0.260. The van der Waals surface area contributed by atoms with Gasteiger partial charge >= 0.3 is 12.1 Å². The van der Waals surface area contributed by atoms with Gasteiger partial charge in [0, 0.05) is 6.92 Å². The van der Waals surface area contributed by atoms with E-state index in [1.54, 1.807) is 27.7 Å². The highest BCUT2D eigenvalue weighted by atomic mass is 16.6. The van der Waals surface area contributed by atoms with E-state index in [2.05, 4.69) is 5.32 Å². The summed E-state index contributed by atoms with van der Waals surface area (Å²) in [5, 5.41) is 2.55. The van der Waals surface area contributed by atoms with Gasteiger partial charge in [0.2, 0.25) is 0 Å². The number of rotatable bonds is 3. The van der Waals surface area contributed by atoms with Crippen LogP contribution in [0.5, 0.6) is 0 Å². The molecule has 5 nitrogen and oxygen atoms in total. The molecule has 1 N–H and O–H groups in total. The molecule has 1 amide bonds. The van der Waals surface area contributed by atoms with Crippen molar-refractivity contribution in [2.75, 3.05) is 6.61 Å². The van der Waals surface area contributed by atoms with Crippen LogP contribution in [0.4, 0.5) is 4.79 Å². The van der Waals surface area contributed by atoms with Gasteiger partial charge in [0.25, 0.3) is 0 Å². The lowest BCUT2D eigenvalue weighted by Gasteiger charge is -2.21. The number of hydrogen-bond donors (Lipinski definition) is 1. The van der Waals surface area contributed by atoms with Crippen LogP contribution in [0.25, 0.3) is 0 Å². The maximum atomic E-state index is 11.2. The number of hydrogen-bond acceptors (Lipinski definition) is 4. The van der Waals surface area contributed by atoms with Gasteiger partial charge in [-0.25, -0.2) is 4.79 Å². The molecule has 1 atom stereocenters. The van der Waals surface area contributed by atoms with Crippen LogP contribution in [0, 0.1) is 0 Å². The van der Waals surface area contributed by atoms with E-state index in [0.29, 0.717) is 0 Å².